The lowest BCUT2D eigenvalue weighted by atomic mass is 9.83. The first-order chi connectivity index (χ1) is 19.8. The lowest BCUT2D eigenvalue weighted by Crippen LogP contribution is -2.45. The molecule has 1 saturated heterocycles. The number of carbonyl (C=O) groups excluding carboxylic acids is 1. The fourth-order valence-corrected chi connectivity index (χ4v) is 5.88. The van der Waals surface area contributed by atoms with Crippen molar-refractivity contribution in [3.05, 3.63) is 42.0 Å². The van der Waals surface area contributed by atoms with Crippen molar-refractivity contribution in [2.24, 2.45) is 5.92 Å². The highest BCUT2D eigenvalue weighted by atomic mass is 16.7. The van der Waals surface area contributed by atoms with Crippen LogP contribution in [0.15, 0.2) is 30.7 Å². The summed E-state index contributed by atoms with van der Waals surface area (Å²) < 4.78 is 16.8. The number of hydrogen-bond donors (Lipinski definition) is 1. The van der Waals surface area contributed by atoms with E-state index in [0.29, 0.717) is 49.7 Å². The van der Waals surface area contributed by atoms with Gasteiger partial charge in [0.2, 0.25) is 18.4 Å². The second kappa shape index (κ2) is 14.5. The molecule has 0 radical (unpaired) electrons. The van der Waals surface area contributed by atoms with Crippen molar-refractivity contribution in [1.82, 2.24) is 24.7 Å². The molecule has 0 bridgehead atoms. The molecule has 4 rings (SSSR count). The zero-order valence-corrected chi connectivity index (χ0v) is 24.6. The summed E-state index contributed by atoms with van der Waals surface area (Å²) in [5, 5.41) is 10.5. The molecule has 3 heterocycles. The first-order valence-corrected chi connectivity index (χ1v) is 14.4. The van der Waals surface area contributed by atoms with Gasteiger partial charge in [-0.25, -0.2) is 9.97 Å². The molecule has 41 heavy (non-hydrogen) atoms. The average molecular weight is 570 g/mol. The molecule has 1 aromatic heterocycles. The third kappa shape index (κ3) is 7.65. The van der Waals surface area contributed by atoms with Gasteiger partial charge in [-0.2, -0.15) is 0 Å². The van der Waals surface area contributed by atoms with Gasteiger partial charge < -0.3 is 29.1 Å². The number of aliphatic carboxylic acids is 1. The van der Waals surface area contributed by atoms with Crippen molar-refractivity contribution in [3.8, 4) is 17.2 Å². The molecule has 2 aliphatic rings. The molecular formula is C30H43N5O6. The van der Waals surface area contributed by atoms with Crippen LogP contribution in [0.2, 0.25) is 0 Å². The summed E-state index contributed by atoms with van der Waals surface area (Å²) in [5.41, 5.74) is 1.64. The van der Waals surface area contributed by atoms with Gasteiger partial charge in [-0.05, 0) is 70.1 Å². The molecule has 0 spiro atoms. The van der Waals surface area contributed by atoms with Gasteiger partial charge in [-0.15, -0.1) is 0 Å². The fraction of sp³-hybridized carbons (Fsp3) is 0.600. The Balaban J connectivity index is 1.61. The van der Waals surface area contributed by atoms with Gasteiger partial charge in [-0.3, -0.25) is 14.5 Å². The number of carboxylic acid groups (broad SMARTS) is 1. The summed E-state index contributed by atoms with van der Waals surface area (Å²) in [7, 11) is 5.62. The van der Waals surface area contributed by atoms with Gasteiger partial charge in [0.15, 0.2) is 11.5 Å². The molecule has 11 nitrogen and oxygen atoms in total. The van der Waals surface area contributed by atoms with E-state index < -0.39 is 11.9 Å². The van der Waals surface area contributed by atoms with Crippen molar-refractivity contribution in [1.29, 1.82) is 0 Å². The second-order valence-corrected chi connectivity index (χ2v) is 11.1. The van der Waals surface area contributed by atoms with Crippen molar-refractivity contribution < 1.29 is 28.9 Å². The number of rotatable bonds is 15. The predicted octanol–water partition coefficient (Wildman–Crippen LogP) is 2.90. The zero-order chi connectivity index (χ0) is 29.4. The first kappa shape index (κ1) is 30.5. The van der Waals surface area contributed by atoms with E-state index in [-0.39, 0.29) is 31.2 Å². The third-order valence-electron chi connectivity index (χ3n) is 7.99. The van der Waals surface area contributed by atoms with E-state index >= 15 is 0 Å². The van der Waals surface area contributed by atoms with Crippen molar-refractivity contribution in [2.75, 3.05) is 60.7 Å². The SMILES string of the molecule is CCCCN(CCCN(C)C)C(=O)CN1CC(c2cc(OC)c3c(c2)OCO3)C(C(=O)O)C1CCc1ccncn1. The quantitative estimate of drug-likeness (QED) is 0.343. The lowest BCUT2D eigenvalue weighted by molar-refractivity contribution is -0.143. The van der Waals surface area contributed by atoms with Gasteiger partial charge in [0, 0.05) is 43.5 Å². The second-order valence-electron chi connectivity index (χ2n) is 11.1. The number of aromatic nitrogens is 2. The number of likely N-dealkylation sites (tertiary alicyclic amines) is 1. The summed E-state index contributed by atoms with van der Waals surface area (Å²) in [6.07, 6.45) is 7.14. The highest BCUT2D eigenvalue weighted by Crippen LogP contribution is 2.47. The number of hydrogen-bond acceptors (Lipinski definition) is 9. The number of nitrogens with zero attached hydrogens (tertiary/aromatic N) is 5. The van der Waals surface area contributed by atoms with Crippen LogP contribution >= 0.6 is 0 Å². The van der Waals surface area contributed by atoms with Gasteiger partial charge in [0.05, 0.1) is 19.6 Å². The minimum Gasteiger partial charge on any atom is -0.493 e. The molecule has 3 atom stereocenters. The number of amides is 1. The van der Waals surface area contributed by atoms with Crippen LogP contribution in [0.25, 0.3) is 0 Å². The normalized spacial score (nSPS) is 20.0. The maximum absolute atomic E-state index is 13.7. The Morgan fingerprint density at radius 3 is 2.66 bits per heavy atom. The molecule has 1 fully saturated rings. The van der Waals surface area contributed by atoms with E-state index in [0.717, 1.165) is 37.1 Å². The van der Waals surface area contributed by atoms with Crippen LogP contribution in [0.3, 0.4) is 0 Å². The van der Waals surface area contributed by atoms with E-state index in [1.807, 2.05) is 37.2 Å². The highest BCUT2D eigenvalue weighted by molar-refractivity contribution is 5.79. The van der Waals surface area contributed by atoms with Crippen molar-refractivity contribution in [2.45, 2.75) is 51.0 Å². The van der Waals surface area contributed by atoms with Crippen LogP contribution in [-0.2, 0) is 16.0 Å². The van der Waals surface area contributed by atoms with Crippen molar-refractivity contribution >= 4 is 11.9 Å². The molecule has 2 aromatic rings. The van der Waals surface area contributed by atoms with Crippen molar-refractivity contribution in [3.63, 3.8) is 0 Å². The summed E-state index contributed by atoms with van der Waals surface area (Å²) in [6.45, 7) is 5.09. The topological polar surface area (TPSA) is 118 Å². The lowest BCUT2D eigenvalue weighted by Gasteiger charge is -2.30. The number of benzene rings is 1. The number of carbonyl (C=O) groups is 2. The molecule has 224 valence electrons. The van der Waals surface area contributed by atoms with E-state index in [4.69, 9.17) is 14.2 Å². The molecule has 1 N–H and O–H groups in total. The largest absolute Gasteiger partial charge is 0.493 e. The summed E-state index contributed by atoms with van der Waals surface area (Å²) in [6, 6.07) is 5.18. The first-order valence-electron chi connectivity index (χ1n) is 14.4. The van der Waals surface area contributed by atoms with E-state index in [1.165, 1.54) is 6.33 Å². The monoisotopic (exact) mass is 569 g/mol. The molecule has 11 heteroatoms. The van der Waals surface area contributed by atoms with Crippen LogP contribution in [0.4, 0.5) is 0 Å². The highest BCUT2D eigenvalue weighted by Gasteiger charge is 2.47. The molecule has 1 aromatic carbocycles. The molecule has 3 unspecified atom stereocenters. The Morgan fingerprint density at radius 2 is 1.98 bits per heavy atom. The maximum Gasteiger partial charge on any atom is 0.308 e. The third-order valence-corrected chi connectivity index (χ3v) is 7.99. The number of ether oxygens (including phenoxy) is 3. The smallest absolute Gasteiger partial charge is 0.308 e. The Kier molecular flexibility index (Phi) is 10.8. The summed E-state index contributed by atoms with van der Waals surface area (Å²) >= 11 is 0. The molecule has 2 aliphatic heterocycles. The molecule has 1 amide bonds. The fourth-order valence-electron chi connectivity index (χ4n) is 5.88. The van der Waals surface area contributed by atoms with Gasteiger partial charge >= 0.3 is 5.97 Å². The van der Waals surface area contributed by atoms with Crippen LogP contribution in [-0.4, -0.2) is 108 Å². The van der Waals surface area contributed by atoms with E-state index in [2.05, 4.69) is 26.7 Å². The van der Waals surface area contributed by atoms with Crippen LogP contribution < -0.4 is 14.2 Å². The minimum atomic E-state index is -0.886. The number of methoxy groups -OCH3 is 1. The Labute approximate surface area is 242 Å². The standard InChI is InChI=1S/C30H43N5O6/c1-5-6-13-34(14-7-12-33(2)3)27(36)18-35-17-23(21-15-25(39-4)29-26(16-21)40-20-41-29)28(30(37)38)24(35)9-8-22-10-11-31-19-32-22/h10-11,15-16,19,23-24,28H,5-9,12-14,17-18,20H2,1-4H3,(H,37,38). The molecular weight excluding hydrogens is 526 g/mol. The number of unbranched alkanes of at least 4 members (excludes halogenated alkanes) is 1. The van der Waals surface area contributed by atoms with Crippen LogP contribution in [0, 0.1) is 5.92 Å². The van der Waals surface area contributed by atoms with Crippen LogP contribution in [0.5, 0.6) is 17.2 Å². The number of carboxylic acids is 1. The minimum absolute atomic E-state index is 0.0392. The van der Waals surface area contributed by atoms with Crippen LogP contribution in [0.1, 0.15) is 49.8 Å². The average Bonchev–Trinajstić information content (AvgIpc) is 3.58. The summed E-state index contributed by atoms with van der Waals surface area (Å²) in [5.74, 6) is -0.359. The Hall–Kier alpha value is -3.44. The predicted molar refractivity (Wildman–Crippen MR) is 153 cm³/mol. The van der Waals surface area contributed by atoms with Gasteiger partial charge in [-0.1, -0.05) is 13.3 Å². The van der Waals surface area contributed by atoms with Gasteiger partial charge in [0.25, 0.3) is 0 Å². The molecule has 0 saturated carbocycles. The summed E-state index contributed by atoms with van der Waals surface area (Å²) in [4.78, 5) is 41.1. The zero-order valence-electron chi connectivity index (χ0n) is 24.6. The molecule has 0 aliphatic carbocycles. The number of fused-ring (bicyclic) bond motifs is 1. The Bertz CT molecular complexity index is 1160. The van der Waals surface area contributed by atoms with E-state index in [9.17, 15) is 14.7 Å². The maximum atomic E-state index is 13.7. The number of aryl methyl sites for hydroxylation is 1. The Morgan fingerprint density at radius 1 is 1.17 bits per heavy atom. The van der Waals surface area contributed by atoms with E-state index in [1.54, 1.807) is 13.3 Å². The van der Waals surface area contributed by atoms with Gasteiger partial charge in [0.1, 0.15) is 6.33 Å².